The number of para-hydroxylation sites is 1. The number of carbonyl (C=O) groups excluding carboxylic acids is 3. The van der Waals surface area contributed by atoms with E-state index in [1.54, 1.807) is 6.20 Å². The van der Waals surface area contributed by atoms with E-state index < -0.39 is 53.8 Å². The van der Waals surface area contributed by atoms with Crippen LogP contribution in [0.3, 0.4) is 0 Å². The molecule has 0 radical (unpaired) electrons. The van der Waals surface area contributed by atoms with Gasteiger partial charge >= 0.3 is 11.9 Å². The molecule has 1 aromatic heterocycles. The Labute approximate surface area is 226 Å². The van der Waals surface area contributed by atoms with Gasteiger partial charge in [-0.05, 0) is 43.2 Å². The summed E-state index contributed by atoms with van der Waals surface area (Å²) in [6, 6.07) is 3.31. The van der Waals surface area contributed by atoms with Crippen molar-refractivity contribution in [2.24, 2.45) is 11.7 Å². The second-order valence-electron chi connectivity index (χ2n) is 10.4. The Balaban J connectivity index is 1.84. The highest BCUT2D eigenvalue weighted by Crippen LogP contribution is 2.23. The molecule has 1 fully saturated rings. The molecule has 12 nitrogen and oxygen atoms in total. The molecule has 0 bridgehead atoms. The van der Waals surface area contributed by atoms with Crippen LogP contribution in [0.25, 0.3) is 10.9 Å². The van der Waals surface area contributed by atoms with Crippen molar-refractivity contribution in [2.75, 3.05) is 6.54 Å². The number of likely N-dealkylation sites (tertiary alicyclic amines) is 1. The number of carbonyl (C=O) groups is 5. The molecule has 212 valence electrons. The summed E-state index contributed by atoms with van der Waals surface area (Å²) in [5.74, 6) is -3.97. The molecular formula is C27H37N5O7. The lowest BCUT2D eigenvalue weighted by Gasteiger charge is -2.29. The maximum atomic E-state index is 13.7. The highest BCUT2D eigenvalue weighted by atomic mass is 16.4. The van der Waals surface area contributed by atoms with Crippen molar-refractivity contribution in [1.82, 2.24) is 20.5 Å². The summed E-state index contributed by atoms with van der Waals surface area (Å²) in [6.45, 7) is 4.00. The summed E-state index contributed by atoms with van der Waals surface area (Å²) in [5.41, 5.74) is 7.47. The highest BCUT2D eigenvalue weighted by Gasteiger charge is 2.38. The Kier molecular flexibility index (Phi) is 10.0. The first-order chi connectivity index (χ1) is 18.5. The average Bonchev–Trinajstić information content (AvgIpc) is 3.53. The summed E-state index contributed by atoms with van der Waals surface area (Å²) in [7, 11) is 0. The second kappa shape index (κ2) is 13.2. The number of aromatic nitrogens is 1. The fourth-order valence-corrected chi connectivity index (χ4v) is 4.87. The van der Waals surface area contributed by atoms with E-state index in [-0.39, 0.29) is 38.1 Å². The van der Waals surface area contributed by atoms with Crippen LogP contribution in [0.2, 0.25) is 0 Å². The van der Waals surface area contributed by atoms with Crippen LogP contribution in [0.5, 0.6) is 0 Å². The van der Waals surface area contributed by atoms with Crippen LogP contribution in [0.15, 0.2) is 30.5 Å². The van der Waals surface area contributed by atoms with E-state index in [2.05, 4.69) is 15.6 Å². The quantitative estimate of drug-likeness (QED) is 0.215. The maximum Gasteiger partial charge on any atom is 0.326 e. The topological polar surface area (TPSA) is 195 Å². The number of rotatable bonds is 13. The monoisotopic (exact) mass is 543 g/mol. The van der Waals surface area contributed by atoms with Gasteiger partial charge in [0.15, 0.2) is 0 Å². The molecule has 12 heteroatoms. The number of aliphatic carboxylic acids is 2. The fourth-order valence-electron chi connectivity index (χ4n) is 4.87. The SMILES string of the molecule is CC(C)CC(NC(=O)C(N)CCC(=O)O)C(=O)NC(Cc1c[nH]c2ccccc12)C(=O)N1CCCC1C(=O)O. The molecule has 39 heavy (non-hydrogen) atoms. The number of carboxylic acid groups (broad SMARTS) is 2. The molecule has 2 heterocycles. The Morgan fingerprint density at radius 2 is 1.77 bits per heavy atom. The van der Waals surface area contributed by atoms with Gasteiger partial charge in [-0.3, -0.25) is 19.2 Å². The first kappa shape index (κ1) is 29.6. The molecule has 1 saturated heterocycles. The molecule has 1 aromatic carbocycles. The highest BCUT2D eigenvalue weighted by molar-refractivity contribution is 5.95. The van der Waals surface area contributed by atoms with Gasteiger partial charge in [0.1, 0.15) is 18.1 Å². The number of benzene rings is 1. The summed E-state index contributed by atoms with van der Waals surface area (Å²) in [6.07, 6.45) is 2.59. The number of H-pyrrole nitrogens is 1. The standard InChI is InChI=1S/C27H37N5O7/c1-15(2)12-20(30-24(35)18(28)9-10-23(33)34)25(36)31-21(26(37)32-11-5-8-22(32)27(38)39)13-16-14-29-19-7-4-3-6-17(16)19/h3-4,6-7,14-15,18,20-22,29H,5,8-13,28H2,1-2H3,(H,30,35)(H,31,36)(H,33,34)(H,38,39). The van der Waals surface area contributed by atoms with Gasteiger partial charge in [0, 0.05) is 36.5 Å². The van der Waals surface area contributed by atoms with Gasteiger partial charge in [0.2, 0.25) is 17.7 Å². The van der Waals surface area contributed by atoms with Gasteiger partial charge in [-0.2, -0.15) is 0 Å². The molecule has 0 spiro atoms. The molecule has 0 aliphatic carbocycles. The molecule has 3 rings (SSSR count). The van der Waals surface area contributed by atoms with Crippen LogP contribution in [-0.4, -0.2) is 80.5 Å². The number of nitrogens with one attached hydrogen (secondary N) is 3. The number of fused-ring (bicyclic) bond motifs is 1. The predicted octanol–water partition coefficient (Wildman–Crippen LogP) is 0.994. The minimum absolute atomic E-state index is 0.00552. The van der Waals surface area contributed by atoms with Crippen LogP contribution in [0.4, 0.5) is 0 Å². The van der Waals surface area contributed by atoms with E-state index >= 15 is 0 Å². The van der Waals surface area contributed by atoms with Crippen molar-refractivity contribution in [3.05, 3.63) is 36.0 Å². The first-order valence-electron chi connectivity index (χ1n) is 13.1. The molecule has 2 aromatic rings. The Bertz CT molecular complexity index is 1210. The molecule has 1 aliphatic rings. The zero-order valence-electron chi connectivity index (χ0n) is 22.2. The van der Waals surface area contributed by atoms with Crippen molar-refractivity contribution < 1.29 is 34.2 Å². The minimum Gasteiger partial charge on any atom is -0.481 e. The van der Waals surface area contributed by atoms with Gasteiger partial charge in [-0.15, -0.1) is 0 Å². The van der Waals surface area contributed by atoms with Crippen molar-refractivity contribution in [2.45, 2.75) is 76.5 Å². The number of hydrogen-bond acceptors (Lipinski definition) is 6. The van der Waals surface area contributed by atoms with Gasteiger partial charge in [-0.1, -0.05) is 32.0 Å². The number of aromatic amines is 1. The minimum atomic E-state index is -1.12. The van der Waals surface area contributed by atoms with E-state index in [9.17, 15) is 29.1 Å². The summed E-state index contributed by atoms with van der Waals surface area (Å²) in [5, 5.41) is 24.7. The molecule has 3 amide bonds. The third-order valence-corrected chi connectivity index (χ3v) is 6.88. The molecule has 1 aliphatic heterocycles. The third-order valence-electron chi connectivity index (χ3n) is 6.88. The maximum absolute atomic E-state index is 13.7. The number of hydrogen-bond donors (Lipinski definition) is 6. The van der Waals surface area contributed by atoms with E-state index in [1.807, 2.05) is 38.1 Å². The third kappa shape index (κ3) is 7.79. The van der Waals surface area contributed by atoms with Crippen molar-refractivity contribution >= 4 is 40.6 Å². The Morgan fingerprint density at radius 1 is 1.08 bits per heavy atom. The Hall–Kier alpha value is -3.93. The predicted molar refractivity (Wildman–Crippen MR) is 143 cm³/mol. The first-order valence-corrected chi connectivity index (χ1v) is 13.1. The van der Waals surface area contributed by atoms with Crippen LogP contribution in [-0.2, 0) is 30.4 Å². The van der Waals surface area contributed by atoms with Crippen molar-refractivity contribution in [3.8, 4) is 0 Å². The fraction of sp³-hybridized carbons (Fsp3) is 0.519. The van der Waals surface area contributed by atoms with Crippen LogP contribution < -0.4 is 16.4 Å². The van der Waals surface area contributed by atoms with E-state index in [1.165, 1.54) is 4.90 Å². The molecule has 4 atom stereocenters. The van der Waals surface area contributed by atoms with E-state index in [0.717, 1.165) is 16.5 Å². The van der Waals surface area contributed by atoms with Crippen LogP contribution in [0.1, 0.15) is 51.5 Å². The number of nitrogens with zero attached hydrogens (tertiary/aromatic N) is 1. The molecule has 7 N–H and O–H groups in total. The average molecular weight is 544 g/mol. The summed E-state index contributed by atoms with van der Waals surface area (Å²) < 4.78 is 0. The normalized spacial score (nSPS) is 17.5. The lowest BCUT2D eigenvalue weighted by molar-refractivity contribution is -0.149. The van der Waals surface area contributed by atoms with Crippen molar-refractivity contribution in [1.29, 1.82) is 0 Å². The molecular weight excluding hydrogens is 506 g/mol. The number of amides is 3. The van der Waals surface area contributed by atoms with Gasteiger partial charge < -0.3 is 36.5 Å². The van der Waals surface area contributed by atoms with Crippen molar-refractivity contribution in [3.63, 3.8) is 0 Å². The summed E-state index contributed by atoms with van der Waals surface area (Å²) >= 11 is 0. The largest absolute Gasteiger partial charge is 0.481 e. The van der Waals surface area contributed by atoms with Gasteiger partial charge in [0.05, 0.1) is 6.04 Å². The van der Waals surface area contributed by atoms with Crippen LogP contribution >= 0.6 is 0 Å². The smallest absolute Gasteiger partial charge is 0.326 e. The molecule has 0 saturated carbocycles. The zero-order valence-corrected chi connectivity index (χ0v) is 22.2. The second-order valence-corrected chi connectivity index (χ2v) is 10.4. The summed E-state index contributed by atoms with van der Waals surface area (Å²) in [4.78, 5) is 66.9. The van der Waals surface area contributed by atoms with Crippen LogP contribution in [0, 0.1) is 5.92 Å². The zero-order chi connectivity index (χ0) is 28.7. The van der Waals surface area contributed by atoms with Gasteiger partial charge in [0.25, 0.3) is 0 Å². The lowest BCUT2D eigenvalue weighted by Crippen LogP contribution is -2.57. The van der Waals surface area contributed by atoms with E-state index in [0.29, 0.717) is 12.8 Å². The Morgan fingerprint density at radius 3 is 2.44 bits per heavy atom. The number of nitrogens with two attached hydrogens (primary N) is 1. The molecule has 4 unspecified atom stereocenters. The number of carboxylic acids is 2. The van der Waals surface area contributed by atoms with Gasteiger partial charge in [-0.25, -0.2) is 4.79 Å². The van der Waals surface area contributed by atoms with E-state index in [4.69, 9.17) is 10.8 Å². The lowest BCUT2D eigenvalue weighted by atomic mass is 10.00.